The van der Waals surface area contributed by atoms with E-state index in [2.05, 4.69) is 116 Å². The molecule has 0 aliphatic carbocycles. The molecule has 0 radical (unpaired) electrons. The second kappa shape index (κ2) is 10.9. The monoisotopic (exact) mass is 461 g/mol. The predicted octanol–water partition coefficient (Wildman–Crippen LogP) is 8.10. The number of rotatable bonds is 8. The number of carbonyl (C=O) groups is 1. The van der Waals surface area contributed by atoms with E-state index in [0.717, 1.165) is 22.6 Å². The topological polar surface area (TPSA) is 29.5 Å². The molecule has 0 N–H and O–H groups in total. The molecule has 0 aromatic heterocycles. The van der Waals surface area contributed by atoms with Gasteiger partial charge in [-0.2, -0.15) is 0 Å². The highest BCUT2D eigenvalue weighted by Crippen LogP contribution is 2.36. The minimum absolute atomic E-state index is 0.340. The van der Waals surface area contributed by atoms with Crippen LogP contribution in [-0.2, 0) is 16.0 Å². The molecule has 4 aromatic carbocycles. The van der Waals surface area contributed by atoms with Crippen LogP contribution in [-0.4, -0.2) is 12.6 Å². The van der Waals surface area contributed by atoms with Crippen LogP contribution in [0.25, 0.3) is 11.1 Å². The Balaban J connectivity index is 1.62. The zero-order chi connectivity index (χ0) is 24.8. The average Bonchev–Trinajstić information content (AvgIpc) is 2.88. The lowest BCUT2D eigenvalue weighted by atomic mass is 10.0. The molecule has 0 atom stereocenters. The largest absolute Gasteiger partial charge is 0.462 e. The average molecular weight is 462 g/mol. The summed E-state index contributed by atoms with van der Waals surface area (Å²) in [5.74, 6) is -0.346. The molecular weight excluding hydrogens is 430 g/mol. The molecule has 0 bridgehead atoms. The number of ether oxygens (including phenoxy) is 1. The predicted molar refractivity (Wildman–Crippen MR) is 146 cm³/mol. The normalized spacial score (nSPS) is 10.6. The highest BCUT2D eigenvalue weighted by Gasteiger charge is 2.14. The highest BCUT2D eigenvalue weighted by atomic mass is 16.5. The number of hydrogen-bond acceptors (Lipinski definition) is 3. The molecule has 0 aliphatic rings. The fraction of sp³-hybridized carbons (Fsp3) is 0.156. The van der Waals surface area contributed by atoms with Crippen LogP contribution in [0.5, 0.6) is 0 Å². The summed E-state index contributed by atoms with van der Waals surface area (Å²) in [5.41, 5.74) is 9.73. The van der Waals surface area contributed by atoms with Crippen LogP contribution in [0.1, 0.15) is 23.6 Å². The zero-order valence-corrected chi connectivity index (χ0v) is 20.6. The molecule has 0 spiro atoms. The second-order valence-electron chi connectivity index (χ2n) is 8.85. The molecular formula is C32H31NO2. The van der Waals surface area contributed by atoms with Crippen molar-refractivity contribution in [3.8, 4) is 11.1 Å². The van der Waals surface area contributed by atoms with Crippen molar-refractivity contribution in [3.63, 3.8) is 0 Å². The lowest BCUT2D eigenvalue weighted by Crippen LogP contribution is -2.11. The first-order valence-corrected chi connectivity index (χ1v) is 11.9. The molecule has 35 heavy (non-hydrogen) atoms. The summed E-state index contributed by atoms with van der Waals surface area (Å²) in [6.07, 6.45) is 0.661. The molecule has 0 amide bonds. The third-order valence-corrected chi connectivity index (χ3v) is 6.15. The van der Waals surface area contributed by atoms with Crippen LogP contribution >= 0.6 is 0 Å². The van der Waals surface area contributed by atoms with Crippen LogP contribution in [0.15, 0.2) is 109 Å². The molecule has 4 rings (SSSR count). The number of benzene rings is 4. The Morgan fingerprint density at radius 3 is 1.91 bits per heavy atom. The smallest absolute Gasteiger partial charge is 0.333 e. The van der Waals surface area contributed by atoms with Gasteiger partial charge in [-0.3, -0.25) is 0 Å². The van der Waals surface area contributed by atoms with Crippen molar-refractivity contribution in [3.05, 3.63) is 126 Å². The molecule has 4 aromatic rings. The molecule has 0 saturated heterocycles. The van der Waals surface area contributed by atoms with E-state index in [1.54, 1.807) is 6.92 Å². The molecule has 0 heterocycles. The lowest BCUT2D eigenvalue weighted by Gasteiger charge is -2.26. The fourth-order valence-corrected chi connectivity index (χ4v) is 3.94. The van der Waals surface area contributed by atoms with Crippen LogP contribution in [0.3, 0.4) is 0 Å². The summed E-state index contributed by atoms with van der Waals surface area (Å²) in [7, 11) is 0. The van der Waals surface area contributed by atoms with Crippen molar-refractivity contribution in [1.29, 1.82) is 0 Å². The third-order valence-electron chi connectivity index (χ3n) is 6.15. The number of anilines is 3. The number of aryl methyl sites for hydroxylation is 2. The molecule has 0 unspecified atom stereocenters. The Morgan fingerprint density at radius 2 is 1.31 bits per heavy atom. The van der Waals surface area contributed by atoms with Crippen molar-refractivity contribution in [2.24, 2.45) is 0 Å². The van der Waals surface area contributed by atoms with Gasteiger partial charge >= 0.3 is 5.97 Å². The van der Waals surface area contributed by atoms with Crippen molar-refractivity contribution < 1.29 is 9.53 Å². The van der Waals surface area contributed by atoms with Gasteiger partial charge < -0.3 is 9.64 Å². The van der Waals surface area contributed by atoms with E-state index in [0.29, 0.717) is 18.6 Å². The first-order chi connectivity index (χ1) is 16.9. The number of nitrogens with zero attached hydrogens (tertiary/aromatic N) is 1. The minimum atomic E-state index is -0.346. The van der Waals surface area contributed by atoms with E-state index >= 15 is 0 Å². The van der Waals surface area contributed by atoms with Gasteiger partial charge in [-0.15, -0.1) is 0 Å². The van der Waals surface area contributed by atoms with Crippen molar-refractivity contribution in [2.75, 3.05) is 11.5 Å². The van der Waals surface area contributed by atoms with Gasteiger partial charge in [0, 0.05) is 29.1 Å². The standard InChI is InChI=1S/C32H31NO2/c1-23(2)32(34)35-21-20-26-11-16-29(17-12-26)33(31-15-10-24(3)25(4)22-31)30-18-13-28(14-19-30)27-8-6-5-7-9-27/h5-19,22H,1,20-21H2,2-4H3. The van der Waals surface area contributed by atoms with E-state index in [-0.39, 0.29) is 5.97 Å². The Morgan fingerprint density at radius 1 is 0.743 bits per heavy atom. The first-order valence-electron chi connectivity index (χ1n) is 11.9. The van der Waals surface area contributed by atoms with Crippen molar-refractivity contribution in [1.82, 2.24) is 0 Å². The second-order valence-corrected chi connectivity index (χ2v) is 8.85. The first kappa shape index (κ1) is 24.0. The van der Waals surface area contributed by atoms with Gasteiger partial charge in [0.2, 0.25) is 0 Å². The highest BCUT2D eigenvalue weighted by molar-refractivity contribution is 5.87. The Bertz CT molecular complexity index is 1310. The molecule has 3 heteroatoms. The molecule has 0 aliphatic heterocycles. The maximum absolute atomic E-state index is 11.6. The van der Waals surface area contributed by atoms with Crippen molar-refractivity contribution >= 4 is 23.0 Å². The maximum Gasteiger partial charge on any atom is 0.333 e. The summed E-state index contributed by atoms with van der Waals surface area (Å²) in [4.78, 5) is 13.9. The summed E-state index contributed by atoms with van der Waals surface area (Å²) in [5, 5.41) is 0. The van der Waals surface area contributed by atoms with Gasteiger partial charge in [0.1, 0.15) is 0 Å². The van der Waals surface area contributed by atoms with E-state index < -0.39 is 0 Å². The number of hydrogen-bond donors (Lipinski definition) is 0. The van der Waals surface area contributed by atoms with E-state index in [1.807, 2.05) is 6.07 Å². The maximum atomic E-state index is 11.6. The molecule has 0 saturated carbocycles. The summed E-state index contributed by atoms with van der Waals surface area (Å²) in [6.45, 7) is 9.90. The van der Waals surface area contributed by atoms with E-state index in [4.69, 9.17) is 4.74 Å². The lowest BCUT2D eigenvalue weighted by molar-refractivity contribution is -0.138. The summed E-state index contributed by atoms with van der Waals surface area (Å²) >= 11 is 0. The van der Waals surface area contributed by atoms with Gasteiger partial charge in [-0.05, 0) is 85.0 Å². The minimum Gasteiger partial charge on any atom is -0.462 e. The van der Waals surface area contributed by atoms with Crippen LogP contribution in [0.4, 0.5) is 17.1 Å². The van der Waals surface area contributed by atoms with Gasteiger partial charge in [0.15, 0.2) is 0 Å². The quantitative estimate of drug-likeness (QED) is 0.196. The van der Waals surface area contributed by atoms with Crippen LogP contribution in [0.2, 0.25) is 0 Å². The van der Waals surface area contributed by atoms with Gasteiger partial charge in [-0.25, -0.2) is 4.79 Å². The summed E-state index contributed by atoms with van der Waals surface area (Å²) < 4.78 is 5.25. The van der Waals surface area contributed by atoms with Crippen molar-refractivity contribution in [2.45, 2.75) is 27.2 Å². The Labute approximate surface area is 208 Å². The van der Waals surface area contributed by atoms with Crippen LogP contribution in [0, 0.1) is 13.8 Å². The van der Waals surface area contributed by atoms with Gasteiger partial charge in [0.25, 0.3) is 0 Å². The van der Waals surface area contributed by atoms with E-state index in [9.17, 15) is 4.79 Å². The summed E-state index contributed by atoms with van der Waals surface area (Å²) in [6, 6.07) is 34.1. The third kappa shape index (κ3) is 5.88. The van der Waals surface area contributed by atoms with Gasteiger partial charge in [0.05, 0.1) is 6.61 Å². The zero-order valence-electron chi connectivity index (χ0n) is 20.6. The SMILES string of the molecule is C=C(C)C(=O)OCCc1ccc(N(c2ccc(-c3ccccc3)cc2)c2ccc(C)c(C)c2)cc1. The molecule has 0 fully saturated rings. The molecule has 3 nitrogen and oxygen atoms in total. The Hall–Kier alpha value is -4.11. The van der Waals surface area contributed by atoms with E-state index in [1.165, 1.54) is 22.3 Å². The van der Waals surface area contributed by atoms with Crippen LogP contribution < -0.4 is 4.90 Å². The molecule has 176 valence electrons. The fourth-order valence-electron chi connectivity index (χ4n) is 3.94. The number of carbonyl (C=O) groups excluding carboxylic acids is 1. The Kier molecular flexibility index (Phi) is 7.47. The van der Waals surface area contributed by atoms with Gasteiger partial charge in [-0.1, -0.05) is 67.2 Å². The number of esters is 1.